The molecule has 3 heterocycles. The van der Waals surface area contributed by atoms with E-state index in [0.29, 0.717) is 38.9 Å². The van der Waals surface area contributed by atoms with Gasteiger partial charge in [-0.15, -0.1) is 13.2 Å². The van der Waals surface area contributed by atoms with Crippen LogP contribution in [0.2, 0.25) is 0 Å². The maximum Gasteiger partial charge on any atom is 0.248 e. The third kappa shape index (κ3) is 5.23. The fourth-order valence-corrected chi connectivity index (χ4v) is 7.12. The monoisotopic (exact) mass is 551 g/mol. The van der Waals surface area contributed by atoms with Crippen LogP contribution in [0.3, 0.4) is 0 Å². The van der Waals surface area contributed by atoms with Gasteiger partial charge in [-0.2, -0.15) is 0 Å². The summed E-state index contributed by atoms with van der Waals surface area (Å²) in [6.45, 7) is 16.4. The highest BCUT2D eigenvalue weighted by Gasteiger charge is 2.75. The van der Waals surface area contributed by atoms with E-state index in [1.165, 1.54) is 0 Å². The number of carbonyl (C=O) groups excluding carboxylic acids is 3. The molecular formula is C32H45N3O5. The Morgan fingerprint density at radius 3 is 2.38 bits per heavy atom. The molecule has 4 rings (SSSR count). The number of hydrogen-bond acceptors (Lipinski definition) is 5. The Kier molecular flexibility index (Phi) is 9.20. The molecule has 1 N–H and O–H groups in total. The molecule has 2 bridgehead atoms. The predicted octanol–water partition coefficient (Wildman–Crippen LogP) is 3.41. The molecule has 0 aromatic heterocycles. The van der Waals surface area contributed by atoms with Crippen molar-refractivity contribution < 1.29 is 24.2 Å². The molecule has 8 nitrogen and oxygen atoms in total. The fraction of sp³-hybridized carbons (Fsp3) is 0.594. The topological polar surface area (TPSA) is 90.4 Å². The number of ether oxygens (including phenoxy) is 1. The van der Waals surface area contributed by atoms with Gasteiger partial charge in [-0.1, -0.05) is 56.3 Å². The third-order valence-corrected chi connectivity index (χ3v) is 8.71. The van der Waals surface area contributed by atoms with Crippen molar-refractivity contribution in [1.29, 1.82) is 0 Å². The molecule has 3 fully saturated rings. The number of aliphatic hydroxyl groups excluding tert-OH is 1. The fourth-order valence-electron chi connectivity index (χ4n) is 7.12. The quantitative estimate of drug-likeness (QED) is 0.380. The lowest BCUT2D eigenvalue weighted by atomic mass is 9.70. The highest BCUT2D eigenvalue weighted by Crippen LogP contribution is 2.59. The standard InChI is InChI=1S/C32H45N3O5/c1-7-16-33(19-23-12-10-9-11-13-23)29(37)26-25-14-15-32(40-25)27(26)30(38)35(24(20-36)18-21(3)4)28(32)31(39)34(17-8-2)22(5)6/h7-13,21-22,24-28,36H,1-2,14-20H2,3-6H3/t24-,25-,26+,27+,28?,32?/m1/s1. The first-order valence-electron chi connectivity index (χ1n) is 14.6. The Labute approximate surface area is 238 Å². The van der Waals surface area contributed by atoms with Crippen molar-refractivity contribution in [2.24, 2.45) is 17.8 Å². The van der Waals surface area contributed by atoms with Crippen LogP contribution in [0.15, 0.2) is 55.6 Å². The Balaban J connectivity index is 1.76. The van der Waals surface area contributed by atoms with Crippen molar-refractivity contribution in [3.8, 4) is 0 Å². The highest BCUT2D eigenvalue weighted by atomic mass is 16.5. The number of nitrogens with zero attached hydrogens (tertiary/aromatic N) is 3. The average Bonchev–Trinajstić information content (AvgIpc) is 3.57. The lowest BCUT2D eigenvalue weighted by Crippen LogP contribution is -2.60. The van der Waals surface area contributed by atoms with E-state index < -0.39 is 35.6 Å². The Hall–Kier alpha value is -2.97. The zero-order chi connectivity index (χ0) is 29.2. The van der Waals surface area contributed by atoms with Gasteiger partial charge in [0.25, 0.3) is 0 Å². The van der Waals surface area contributed by atoms with Gasteiger partial charge in [0.15, 0.2) is 0 Å². The van der Waals surface area contributed by atoms with Crippen LogP contribution < -0.4 is 0 Å². The summed E-state index contributed by atoms with van der Waals surface area (Å²) in [5, 5.41) is 10.5. The van der Waals surface area contributed by atoms with E-state index in [0.717, 1.165) is 5.56 Å². The van der Waals surface area contributed by atoms with Gasteiger partial charge in [-0.05, 0) is 44.6 Å². The molecule has 3 amide bonds. The van der Waals surface area contributed by atoms with Gasteiger partial charge in [0.2, 0.25) is 17.7 Å². The summed E-state index contributed by atoms with van der Waals surface area (Å²) in [4.78, 5) is 48.0. The van der Waals surface area contributed by atoms with Gasteiger partial charge >= 0.3 is 0 Å². The second-order valence-electron chi connectivity index (χ2n) is 12.1. The zero-order valence-electron chi connectivity index (χ0n) is 24.4. The molecule has 3 aliphatic rings. The SMILES string of the molecule is C=CCN(Cc1ccccc1)C(=O)[C@@H]1[C@H]2C(=O)N([C@@H](CO)CC(C)C)C(C(=O)N(CC=C)C(C)C)C23CC[C@H]1O3. The summed E-state index contributed by atoms with van der Waals surface area (Å²) in [5.74, 6) is -1.92. The summed E-state index contributed by atoms with van der Waals surface area (Å²) in [6, 6.07) is 8.16. The number of rotatable bonds is 13. The lowest BCUT2D eigenvalue weighted by Gasteiger charge is -2.40. The molecule has 8 heteroatoms. The summed E-state index contributed by atoms with van der Waals surface area (Å²) < 4.78 is 6.65. The van der Waals surface area contributed by atoms with Crippen LogP contribution in [-0.4, -0.2) is 87.1 Å². The van der Waals surface area contributed by atoms with Crippen LogP contribution >= 0.6 is 0 Å². The van der Waals surface area contributed by atoms with Gasteiger partial charge in [0.05, 0.1) is 30.6 Å². The van der Waals surface area contributed by atoms with Crippen LogP contribution in [-0.2, 0) is 25.7 Å². The second-order valence-corrected chi connectivity index (χ2v) is 12.1. The average molecular weight is 552 g/mol. The maximum atomic E-state index is 14.4. The second kappa shape index (κ2) is 12.3. The third-order valence-electron chi connectivity index (χ3n) is 8.71. The molecule has 3 aliphatic heterocycles. The highest BCUT2D eigenvalue weighted by molar-refractivity contribution is 5.99. The smallest absolute Gasteiger partial charge is 0.248 e. The van der Waals surface area contributed by atoms with Gasteiger partial charge in [-0.25, -0.2) is 0 Å². The largest absolute Gasteiger partial charge is 0.394 e. The Bertz CT molecular complexity index is 1110. The first kappa shape index (κ1) is 30.0. The number of fused-ring (bicyclic) bond motifs is 1. The van der Waals surface area contributed by atoms with Crippen molar-refractivity contribution in [2.45, 2.75) is 83.3 Å². The van der Waals surface area contributed by atoms with Crippen LogP contribution in [0.25, 0.3) is 0 Å². The van der Waals surface area contributed by atoms with Crippen LogP contribution in [0.1, 0.15) is 52.5 Å². The summed E-state index contributed by atoms with van der Waals surface area (Å²) >= 11 is 0. The minimum Gasteiger partial charge on any atom is -0.394 e. The first-order valence-corrected chi connectivity index (χ1v) is 14.6. The van der Waals surface area contributed by atoms with E-state index >= 15 is 0 Å². The van der Waals surface area contributed by atoms with Crippen LogP contribution in [0.5, 0.6) is 0 Å². The van der Waals surface area contributed by atoms with Crippen molar-refractivity contribution in [2.75, 3.05) is 19.7 Å². The summed E-state index contributed by atoms with van der Waals surface area (Å²) in [5.41, 5.74) is -0.122. The van der Waals surface area contributed by atoms with E-state index in [4.69, 9.17) is 4.74 Å². The number of amides is 3. The van der Waals surface area contributed by atoms with Crippen LogP contribution in [0, 0.1) is 17.8 Å². The van der Waals surface area contributed by atoms with Crippen LogP contribution in [0.4, 0.5) is 0 Å². The first-order chi connectivity index (χ1) is 19.1. The van der Waals surface area contributed by atoms with Crippen molar-refractivity contribution in [3.63, 3.8) is 0 Å². The molecule has 218 valence electrons. The molecule has 0 aliphatic carbocycles. The van der Waals surface area contributed by atoms with E-state index in [2.05, 4.69) is 13.2 Å². The number of carbonyl (C=O) groups is 3. The normalized spacial score (nSPS) is 27.7. The molecule has 3 saturated heterocycles. The molecule has 1 spiro atoms. The minimum atomic E-state index is -1.11. The van der Waals surface area contributed by atoms with Gasteiger partial charge in [0.1, 0.15) is 11.6 Å². The number of likely N-dealkylation sites (tertiary alicyclic amines) is 1. The van der Waals surface area contributed by atoms with Crippen molar-refractivity contribution >= 4 is 17.7 Å². The van der Waals surface area contributed by atoms with Crippen molar-refractivity contribution in [3.05, 3.63) is 61.2 Å². The minimum absolute atomic E-state index is 0.124. The molecule has 0 radical (unpaired) electrons. The molecule has 1 aromatic carbocycles. The molecule has 1 aromatic rings. The number of hydrogen-bond donors (Lipinski definition) is 1. The zero-order valence-corrected chi connectivity index (χ0v) is 24.4. The Morgan fingerprint density at radius 2 is 1.80 bits per heavy atom. The lowest BCUT2D eigenvalue weighted by molar-refractivity contribution is -0.153. The molecular weight excluding hydrogens is 506 g/mol. The molecule has 2 unspecified atom stereocenters. The molecule has 40 heavy (non-hydrogen) atoms. The van der Waals surface area contributed by atoms with E-state index in [9.17, 15) is 19.5 Å². The number of aliphatic hydroxyl groups is 1. The summed E-state index contributed by atoms with van der Waals surface area (Å²) in [7, 11) is 0. The van der Waals surface area contributed by atoms with E-state index in [-0.39, 0.29) is 36.3 Å². The number of benzene rings is 1. The predicted molar refractivity (Wildman–Crippen MR) is 154 cm³/mol. The Morgan fingerprint density at radius 1 is 1.12 bits per heavy atom. The molecule has 0 saturated carbocycles. The van der Waals surface area contributed by atoms with E-state index in [1.54, 1.807) is 26.9 Å². The van der Waals surface area contributed by atoms with Crippen molar-refractivity contribution in [1.82, 2.24) is 14.7 Å². The van der Waals surface area contributed by atoms with Gasteiger partial charge < -0.3 is 24.5 Å². The van der Waals surface area contributed by atoms with Gasteiger partial charge in [0, 0.05) is 25.7 Å². The molecule has 6 atom stereocenters. The maximum absolute atomic E-state index is 14.4. The van der Waals surface area contributed by atoms with E-state index in [1.807, 2.05) is 58.0 Å². The summed E-state index contributed by atoms with van der Waals surface area (Å²) in [6.07, 6.45) is 4.59. The van der Waals surface area contributed by atoms with Gasteiger partial charge in [-0.3, -0.25) is 14.4 Å².